The minimum absolute atomic E-state index is 0.165. The average Bonchev–Trinajstić information content (AvgIpc) is 2.42. The molecule has 0 aromatic heterocycles. The molecule has 0 radical (unpaired) electrons. The van der Waals surface area contributed by atoms with Crippen LogP contribution in [-0.4, -0.2) is 28.3 Å². The van der Waals surface area contributed by atoms with Gasteiger partial charge in [0.2, 0.25) is 0 Å². The Labute approximate surface area is 131 Å². The average molecular weight is 386 g/mol. The van der Waals surface area contributed by atoms with E-state index in [1.54, 1.807) is 6.92 Å². The summed E-state index contributed by atoms with van der Waals surface area (Å²) in [5.74, 6) is 0. The topological polar surface area (TPSA) is 89.5 Å². The summed E-state index contributed by atoms with van der Waals surface area (Å²) in [6, 6.07) is 0.637. The predicted molar refractivity (Wildman–Crippen MR) is 76.4 cm³/mol. The van der Waals surface area contributed by atoms with Crippen LogP contribution in [0.5, 0.6) is 0 Å². The van der Waals surface area contributed by atoms with Crippen LogP contribution in [0.1, 0.15) is 12.5 Å². The summed E-state index contributed by atoms with van der Waals surface area (Å²) < 4.78 is 38.3. The van der Waals surface area contributed by atoms with Crippen molar-refractivity contribution in [2.75, 3.05) is 23.3 Å². The van der Waals surface area contributed by atoms with E-state index < -0.39 is 38.6 Å². The Morgan fingerprint density at radius 2 is 1.64 bits per heavy atom. The molecule has 0 aliphatic carbocycles. The number of nitrogens with zero attached hydrogens (tertiary/aromatic N) is 3. The fraction of sp³-hybridized carbons (Fsp3) is 0.455. The van der Waals surface area contributed by atoms with Crippen molar-refractivity contribution < 1.29 is 23.0 Å². The van der Waals surface area contributed by atoms with Crippen molar-refractivity contribution in [2.45, 2.75) is 13.1 Å². The molecule has 0 fully saturated rings. The molecular weight excluding hydrogens is 375 g/mol. The van der Waals surface area contributed by atoms with Crippen LogP contribution in [0, 0.1) is 20.2 Å². The number of nitro benzene ring substituents is 2. The molecule has 22 heavy (non-hydrogen) atoms. The van der Waals surface area contributed by atoms with Gasteiger partial charge in [0, 0.05) is 30.6 Å². The van der Waals surface area contributed by atoms with E-state index in [1.807, 2.05) is 0 Å². The lowest BCUT2D eigenvalue weighted by molar-refractivity contribution is -0.393. The zero-order chi connectivity index (χ0) is 17.1. The number of nitro groups is 2. The van der Waals surface area contributed by atoms with E-state index in [1.165, 1.54) is 4.90 Å². The van der Waals surface area contributed by atoms with Gasteiger partial charge >= 0.3 is 6.18 Å². The van der Waals surface area contributed by atoms with E-state index in [-0.39, 0.29) is 13.1 Å². The molecule has 0 unspecified atom stereocenters. The molecule has 1 aromatic carbocycles. The molecule has 0 aliphatic rings. The fourth-order valence-electron chi connectivity index (χ4n) is 1.90. The van der Waals surface area contributed by atoms with Gasteiger partial charge in [0.05, 0.1) is 15.4 Å². The summed E-state index contributed by atoms with van der Waals surface area (Å²) >= 11 is 3.10. The highest BCUT2D eigenvalue weighted by atomic mass is 79.9. The summed E-state index contributed by atoms with van der Waals surface area (Å²) in [6.07, 6.45) is -4.92. The third-order valence-electron chi connectivity index (χ3n) is 2.84. The zero-order valence-electron chi connectivity index (χ0n) is 11.3. The van der Waals surface area contributed by atoms with Crippen molar-refractivity contribution in [1.82, 2.24) is 0 Å². The molecule has 0 aliphatic heterocycles. The van der Waals surface area contributed by atoms with Gasteiger partial charge in [-0.1, -0.05) is 15.9 Å². The van der Waals surface area contributed by atoms with E-state index in [2.05, 4.69) is 15.9 Å². The Balaban J connectivity index is 3.71. The molecule has 11 heteroatoms. The smallest absolute Gasteiger partial charge is 0.360 e. The van der Waals surface area contributed by atoms with Gasteiger partial charge in [-0.25, -0.2) is 0 Å². The normalized spacial score (nSPS) is 11.3. The third kappa shape index (κ3) is 3.84. The van der Waals surface area contributed by atoms with Gasteiger partial charge in [0.1, 0.15) is 0 Å². The summed E-state index contributed by atoms with van der Waals surface area (Å²) in [5.41, 5.74) is -3.73. The summed E-state index contributed by atoms with van der Waals surface area (Å²) in [7, 11) is 0. The number of hydrogen-bond acceptors (Lipinski definition) is 5. The van der Waals surface area contributed by atoms with Crippen LogP contribution in [0.15, 0.2) is 12.1 Å². The zero-order valence-corrected chi connectivity index (χ0v) is 12.8. The maximum Gasteiger partial charge on any atom is 0.416 e. The van der Waals surface area contributed by atoms with E-state index in [0.29, 0.717) is 17.5 Å². The Morgan fingerprint density at radius 1 is 1.18 bits per heavy atom. The number of anilines is 1. The first-order valence-corrected chi connectivity index (χ1v) is 7.10. The maximum absolute atomic E-state index is 12.8. The fourth-order valence-corrected chi connectivity index (χ4v) is 2.33. The first kappa shape index (κ1) is 18.1. The van der Waals surface area contributed by atoms with Crippen molar-refractivity contribution in [3.8, 4) is 0 Å². The molecule has 0 heterocycles. The molecule has 1 rings (SSSR count). The number of benzene rings is 1. The van der Waals surface area contributed by atoms with E-state index in [0.717, 1.165) is 0 Å². The minimum atomic E-state index is -4.92. The minimum Gasteiger partial charge on any atom is -0.360 e. The van der Waals surface area contributed by atoms with Crippen LogP contribution < -0.4 is 4.90 Å². The Bertz CT molecular complexity index is 559. The van der Waals surface area contributed by atoms with E-state index >= 15 is 0 Å². The number of hydrogen-bond donors (Lipinski definition) is 0. The monoisotopic (exact) mass is 385 g/mol. The Kier molecular flexibility index (Phi) is 5.69. The highest BCUT2D eigenvalue weighted by Crippen LogP contribution is 2.43. The van der Waals surface area contributed by atoms with Crippen LogP contribution in [0.25, 0.3) is 0 Å². The molecule has 0 amide bonds. The Hall–Kier alpha value is -1.91. The second kappa shape index (κ2) is 6.90. The molecular formula is C11H11BrF3N3O4. The first-order valence-electron chi connectivity index (χ1n) is 5.98. The van der Waals surface area contributed by atoms with Gasteiger partial charge in [-0.2, -0.15) is 13.2 Å². The molecule has 0 bridgehead atoms. The molecule has 1 aromatic rings. The molecule has 0 saturated heterocycles. The molecule has 0 spiro atoms. The van der Waals surface area contributed by atoms with Gasteiger partial charge in [-0.3, -0.25) is 20.2 Å². The molecule has 7 nitrogen and oxygen atoms in total. The van der Waals surface area contributed by atoms with E-state index in [9.17, 15) is 33.4 Å². The quantitative estimate of drug-likeness (QED) is 0.422. The van der Waals surface area contributed by atoms with Gasteiger partial charge in [-0.15, -0.1) is 0 Å². The van der Waals surface area contributed by atoms with Gasteiger partial charge < -0.3 is 4.90 Å². The standard InChI is InChI=1S/C11H11BrF3N3O4/c1-2-16(4-3-12)10-8(17(19)20)5-7(11(13,14)15)6-9(10)18(21)22/h5-6H,2-4H2,1H3. The van der Waals surface area contributed by atoms with Crippen molar-refractivity contribution in [3.05, 3.63) is 37.9 Å². The van der Waals surface area contributed by atoms with Gasteiger partial charge in [-0.05, 0) is 6.92 Å². The lowest BCUT2D eigenvalue weighted by Crippen LogP contribution is -2.27. The highest BCUT2D eigenvalue weighted by molar-refractivity contribution is 9.09. The van der Waals surface area contributed by atoms with Crippen molar-refractivity contribution in [3.63, 3.8) is 0 Å². The highest BCUT2D eigenvalue weighted by Gasteiger charge is 2.38. The van der Waals surface area contributed by atoms with Gasteiger partial charge in [0.15, 0.2) is 5.69 Å². The van der Waals surface area contributed by atoms with Crippen LogP contribution in [-0.2, 0) is 6.18 Å². The molecule has 0 N–H and O–H groups in total. The summed E-state index contributed by atoms with van der Waals surface area (Å²) in [5, 5.41) is 22.5. The van der Waals surface area contributed by atoms with Crippen molar-refractivity contribution in [1.29, 1.82) is 0 Å². The third-order valence-corrected chi connectivity index (χ3v) is 3.20. The predicted octanol–water partition coefficient (Wildman–Crippen LogP) is 3.74. The van der Waals surface area contributed by atoms with Crippen molar-refractivity contribution in [2.24, 2.45) is 0 Å². The largest absolute Gasteiger partial charge is 0.416 e. The van der Waals surface area contributed by atoms with Crippen LogP contribution >= 0.6 is 15.9 Å². The number of alkyl halides is 4. The molecule has 122 valence electrons. The first-order chi connectivity index (χ1) is 10.1. The summed E-state index contributed by atoms with van der Waals surface area (Å²) in [6.45, 7) is 1.93. The second-order valence-corrected chi connectivity index (χ2v) is 4.94. The lowest BCUT2D eigenvalue weighted by Gasteiger charge is -2.22. The van der Waals surface area contributed by atoms with Crippen molar-refractivity contribution >= 4 is 33.0 Å². The number of halogens is 4. The van der Waals surface area contributed by atoms with E-state index in [4.69, 9.17) is 0 Å². The number of rotatable bonds is 6. The summed E-state index contributed by atoms with van der Waals surface area (Å²) in [4.78, 5) is 21.3. The lowest BCUT2D eigenvalue weighted by atomic mass is 10.1. The van der Waals surface area contributed by atoms with Crippen LogP contribution in [0.2, 0.25) is 0 Å². The van der Waals surface area contributed by atoms with Crippen LogP contribution in [0.4, 0.5) is 30.2 Å². The second-order valence-electron chi connectivity index (χ2n) is 4.14. The SMILES string of the molecule is CCN(CCBr)c1c([N+](=O)[O-])cc(C(F)(F)F)cc1[N+](=O)[O-]. The maximum atomic E-state index is 12.8. The molecule has 0 atom stereocenters. The Morgan fingerprint density at radius 3 is 1.91 bits per heavy atom. The van der Waals surface area contributed by atoms with Crippen LogP contribution in [0.3, 0.4) is 0 Å². The molecule has 0 saturated carbocycles. The van der Waals surface area contributed by atoms with Gasteiger partial charge in [0.25, 0.3) is 11.4 Å².